The first-order chi connectivity index (χ1) is 8.76. The summed E-state index contributed by atoms with van der Waals surface area (Å²) >= 11 is 0. The third-order valence-corrected chi connectivity index (χ3v) is 3.81. The molecule has 0 aliphatic heterocycles. The molecule has 0 atom stereocenters. The average Bonchev–Trinajstić information content (AvgIpc) is 3.22. The summed E-state index contributed by atoms with van der Waals surface area (Å²) in [6, 6.07) is 7.30. The third-order valence-electron chi connectivity index (χ3n) is 3.81. The molecular weight excluding hydrogens is 227 g/mol. The van der Waals surface area contributed by atoms with E-state index in [0.717, 1.165) is 24.6 Å². The Morgan fingerprint density at radius 2 is 2.06 bits per heavy atom. The third kappa shape index (κ3) is 2.70. The molecule has 3 rings (SSSR count). The topological polar surface area (TPSA) is 27.0 Å². The van der Waals surface area contributed by atoms with Gasteiger partial charge in [-0.2, -0.15) is 5.26 Å². The Kier molecular flexibility index (Phi) is 3.05. The number of hydrogen-bond donors (Lipinski definition) is 0. The van der Waals surface area contributed by atoms with Gasteiger partial charge in [-0.3, -0.25) is 4.90 Å². The van der Waals surface area contributed by atoms with Crippen LogP contribution in [0.2, 0.25) is 0 Å². The number of rotatable bonds is 5. The van der Waals surface area contributed by atoms with Gasteiger partial charge in [0.05, 0.1) is 11.6 Å². The fraction of sp³-hybridized carbons (Fsp3) is 0.533. The molecule has 3 heteroatoms. The molecule has 2 saturated carbocycles. The summed E-state index contributed by atoms with van der Waals surface area (Å²) in [7, 11) is 0. The fourth-order valence-corrected chi connectivity index (χ4v) is 2.44. The highest BCUT2D eigenvalue weighted by Gasteiger charge is 2.33. The molecule has 0 amide bonds. The van der Waals surface area contributed by atoms with Crippen LogP contribution >= 0.6 is 0 Å². The lowest BCUT2D eigenvalue weighted by Gasteiger charge is -2.22. The van der Waals surface area contributed by atoms with Crippen molar-refractivity contribution in [2.24, 2.45) is 5.92 Å². The highest BCUT2D eigenvalue weighted by Crippen LogP contribution is 2.35. The molecule has 0 unspecified atom stereocenters. The van der Waals surface area contributed by atoms with Crippen LogP contribution in [-0.4, -0.2) is 17.5 Å². The Balaban J connectivity index is 1.76. The van der Waals surface area contributed by atoms with Gasteiger partial charge in [-0.25, -0.2) is 4.39 Å². The first kappa shape index (κ1) is 11.7. The number of benzene rings is 1. The number of hydrogen-bond acceptors (Lipinski definition) is 2. The van der Waals surface area contributed by atoms with Gasteiger partial charge in [0.25, 0.3) is 0 Å². The largest absolute Gasteiger partial charge is 0.296 e. The van der Waals surface area contributed by atoms with Crippen LogP contribution in [0.15, 0.2) is 18.2 Å². The van der Waals surface area contributed by atoms with Crippen molar-refractivity contribution < 1.29 is 4.39 Å². The van der Waals surface area contributed by atoms with E-state index in [4.69, 9.17) is 5.26 Å². The highest BCUT2D eigenvalue weighted by molar-refractivity contribution is 5.37. The number of nitrogens with zero attached hydrogens (tertiary/aromatic N) is 2. The Hall–Kier alpha value is -1.40. The minimum Gasteiger partial charge on any atom is -0.296 e. The zero-order valence-electron chi connectivity index (χ0n) is 10.4. The van der Waals surface area contributed by atoms with Crippen LogP contribution in [0.1, 0.15) is 36.8 Å². The molecule has 1 aromatic carbocycles. The van der Waals surface area contributed by atoms with Crippen molar-refractivity contribution in [1.82, 2.24) is 4.90 Å². The van der Waals surface area contributed by atoms with Crippen molar-refractivity contribution in [3.8, 4) is 6.07 Å². The minimum atomic E-state index is -0.244. The smallest absolute Gasteiger partial charge is 0.123 e. The van der Waals surface area contributed by atoms with E-state index in [1.54, 1.807) is 6.07 Å². The van der Waals surface area contributed by atoms with Crippen molar-refractivity contribution in [2.75, 3.05) is 6.54 Å². The Morgan fingerprint density at radius 1 is 1.28 bits per heavy atom. The molecule has 0 N–H and O–H groups in total. The Bertz CT molecular complexity index is 484. The van der Waals surface area contributed by atoms with Crippen LogP contribution in [0, 0.1) is 23.1 Å². The molecule has 0 heterocycles. The molecule has 0 bridgehead atoms. The van der Waals surface area contributed by atoms with Gasteiger partial charge in [0.2, 0.25) is 0 Å². The first-order valence-electron chi connectivity index (χ1n) is 6.69. The second kappa shape index (κ2) is 4.70. The Labute approximate surface area is 107 Å². The molecule has 0 aromatic heterocycles. The van der Waals surface area contributed by atoms with Crippen molar-refractivity contribution in [1.29, 1.82) is 5.26 Å². The zero-order chi connectivity index (χ0) is 12.5. The summed E-state index contributed by atoms with van der Waals surface area (Å²) in [5, 5.41) is 9.08. The van der Waals surface area contributed by atoms with E-state index in [0.29, 0.717) is 11.6 Å². The van der Waals surface area contributed by atoms with Crippen LogP contribution < -0.4 is 0 Å². The molecule has 18 heavy (non-hydrogen) atoms. The predicted molar refractivity (Wildman–Crippen MR) is 67.3 cm³/mol. The Morgan fingerprint density at radius 3 is 2.67 bits per heavy atom. The maximum Gasteiger partial charge on any atom is 0.123 e. The van der Waals surface area contributed by atoms with Crippen molar-refractivity contribution in [2.45, 2.75) is 38.3 Å². The summed E-state index contributed by atoms with van der Waals surface area (Å²) in [4.78, 5) is 2.44. The van der Waals surface area contributed by atoms with Crippen LogP contribution in [0.5, 0.6) is 0 Å². The lowest BCUT2D eigenvalue weighted by atomic mass is 10.1. The monoisotopic (exact) mass is 244 g/mol. The van der Waals surface area contributed by atoms with Gasteiger partial charge < -0.3 is 0 Å². The lowest BCUT2D eigenvalue weighted by molar-refractivity contribution is 0.243. The summed E-state index contributed by atoms with van der Waals surface area (Å²) in [6.07, 6.45) is 5.17. The minimum absolute atomic E-state index is 0.244. The van der Waals surface area contributed by atoms with Gasteiger partial charge in [0.1, 0.15) is 5.82 Å². The van der Waals surface area contributed by atoms with E-state index in [9.17, 15) is 4.39 Å². The van der Waals surface area contributed by atoms with Crippen molar-refractivity contribution >= 4 is 0 Å². The van der Waals surface area contributed by atoms with E-state index in [-0.39, 0.29) is 5.82 Å². The van der Waals surface area contributed by atoms with E-state index in [1.165, 1.54) is 37.8 Å². The van der Waals surface area contributed by atoms with Gasteiger partial charge in [0.15, 0.2) is 0 Å². The van der Waals surface area contributed by atoms with Crippen molar-refractivity contribution in [3.63, 3.8) is 0 Å². The molecule has 0 saturated heterocycles. The normalized spacial score (nSPS) is 18.9. The number of halogens is 1. The maximum atomic E-state index is 13.3. The van der Waals surface area contributed by atoms with Crippen LogP contribution in [0.25, 0.3) is 0 Å². The highest BCUT2D eigenvalue weighted by atomic mass is 19.1. The van der Waals surface area contributed by atoms with Crippen LogP contribution in [-0.2, 0) is 6.54 Å². The molecule has 1 aromatic rings. The van der Waals surface area contributed by atoms with E-state index >= 15 is 0 Å². The molecular formula is C15H17FN2. The van der Waals surface area contributed by atoms with Gasteiger partial charge in [-0.05, 0) is 55.4 Å². The van der Waals surface area contributed by atoms with E-state index in [2.05, 4.69) is 11.0 Å². The van der Waals surface area contributed by atoms with Gasteiger partial charge in [-0.15, -0.1) is 0 Å². The van der Waals surface area contributed by atoms with Crippen molar-refractivity contribution in [3.05, 3.63) is 35.1 Å². The zero-order valence-corrected chi connectivity index (χ0v) is 10.4. The van der Waals surface area contributed by atoms with Gasteiger partial charge >= 0.3 is 0 Å². The van der Waals surface area contributed by atoms with Crippen LogP contribution in [0.3, 0.4) is 0 Å². The lowest BCUT2D eigenvalue weighted by Crippen LogP contribution is -2.28. The predicted octanol–water partition coefficient (Wildman–Crippen LogP) is 3.07. The maximum absolute atomic E-state index is 13.3. The molecule has 0 radical (unpaired) electrons. The van der Waals surface area contributed by atoms with E-state index in [1.807, 2.05) is 0 Å². The fourth-order valence-electron chi connectivity index (χ4n) is 2.44. The molecule has 2 fully saturated rings. The van der Waals surface area contributed by atoms with E-state index < -0.39 is 0 Å². The quantitative estimate of drug-likeness (QED) is 0.796. The first-order valence-corrected chi connectivity index (χ1v) is 6.69. The van der Waals surface area contributed by atoms with Crippen LogP contribution in [0.4, 0.5) is 4.39 Å². The second-order valence-corrected chi connectivity index (χ2v) is 5.52. The van der Waals surface area contributed by atoms with Gasteiger partial charge in [0, 0.05) is 19.1 Å². The molecule has 2 nitrogen and oxygen atoms in total. The summed E-state index contributed by atoms with van der Waals surface area (Å²) in [6.45, 7) is 1.84. The standard InChI is InChI=1S/C15H17FN2/c16-14-4-3-12(8-17)13(7-14)10-18(15-5-6-15)9-11-1-2-11/h3-4,7,11,15H,1-2,5-6,9-10H2. The van der Waals surface area contributed by atoms with Gasteiger partial charge in [-0.1, -0.05) is 0 Å². The summed E-state index contributed by atoms with van der Waals surface area (Å²) < 4.78 is 13.3. The second-order valence-electron chi connectivity index (χ2n) is 5.52. The number of nitriles is 1. The molecule has 2 aliphatic rings. The average molecular weight is 244 g/mol. The molecule has 2 aliphatic carbocycles. The summed E-state index contributed by atoms with van der Waals surface area (Å²) in [5.74, 6) is 0.593. The summed E-state index contributed by atoms with van der Waals surface area (Å²) in [5.41, 5.74) is 1.45. The SMILES string of the molecule is N#Cc1ccc(F)cc1CN(CC1CC1)C1CC1. The molecule has 94 valence electrons. The molecule has 0 spiro atoms.